The number of hydrogen-bond donors (Lipinski definition) is 1. The van der Waals surface area contributed by atoms with E-state index in [1.807, 2.05) is 7.05 Å². The van der Waals surface area contributed by atoms with E-state index < -0.39 is 0 Å². The number of aromatic nitrogens is 1. The first-order valence-electron chi connectivity index (χ1n) is 6.62. The molecule has 1 unspecified atom stereocenters. The molecule has 1 N–H and O–H groups in total. The van der Waals surface area contributed by atoms with Gasteiger partial charge in [-0.2, -0.15) is 4.98 Å². The van der Waals surface area contributed by atoms with Gasteiger partial charge in [0.1, 0.15) is 6.26 Å². The van der Waals surface area contributed by atoms with Gasteiger partial charge in [0, 0.05) is 25.7 Å². The second-order valence-electron chi connectivity index (χ2n) is 6.31. The molecule has 0 amide bonds. The third-order valence-electron chi connectivity index (χ3n) is 3.37. The zero-order valence-corrected chi connectivity index (χ0v) is 12.7. The van der Waals surface area contributed by atoms with Crippen molar-refractivity contribution in [2.45, 2.75) is 60.2 Å². The van der Waals surface area contributed by atoms with Gasteiger partial charge in [0.15, 0.2) is 0 Å². The van der Waals surface area contributed by atoms with E-state index in [-0.39, 0.29) is 5.41 Å². The molecule has 104 valence electrons. The molecule has 0 radical (unpaired) electrons. The van der Waals surface area contributed by atoms with Crippen LogP contribution in [-0.2, 0) is 6.54 Å². The molecule has 0 saturated heterocycles. The third-order valence-corrected chi connectivity index (χ3v) is 3.37. The van der Waals surface area contributed by atoms with Crippen LogP contribution in [0.4, 0.5) is 6.01 Å². The summed E-state index contributed by atoms with van der Waals surface area (Å²) in [5.74, 6) is 0. The van der Waals surface area contributed by atoms with Gasteiger partial charge < -0.3 is 14.6 Å². The summed E-state index contributed by atoms with van der Waals surface area (Å²) < 4.78 is 5.55. The number of rotatable bonds is 5. The summed E-state index contributed by atoms with van der Waals surface area (Å²) in [5, 5.41) is 3.33. The first-order chi connectivity index (χ1) is 8.21. The second kappa shape index (κ2) is 5.74. The van der Waals surface area contributed by atoms with Crippen molar-refractivity contribution >= 4 is 6.01 Å². The summed E-state index contributed by atoms with van der Waals surface area (Å²) >= 11 is 0. The molecular formula is C14H27N3O. The number of anilines is 1. The van der Waals surface area contributed by atoms with Gasteiger partial charge in [-0.1, -0.05) is 34.6 Å². The minimum atomic E-state index is 0.194. The average Bonchev–Trinajstić information content (AvgIpc) is 2.71. The van der Waals surface area contributed by atoms with Gasteiger partial charge in [-0.05, 0) is 12.3 Å². The molecule has 0 saturated carbocycles. The summed E-state index contributed by atoms with van der Waals surface area (Å²) in [6.45, 7) is 13.8. The van der Waals surface area contributed by atoms with Crippen molar-refractivity contribution in [3.05, 3.63) is 12.0 Å². The molecule has 0 aromatic carbocycles. The van der Waals surface area contributed by atoms with Gasteiger partial charge in [0.25, 0.3) is 6.01 Å². The molecule has 1 heterocycles. The van der Waals surface area contributed by atoms with Crippen LogP contribution < -0.4 is 10.2 Å². The van der Waals surface area contributed by atoms with Crippen LogP contribution in [0.25, 0.3) is 0 Å². The SMILES string of the molecule is CC(C)NCc1coc(N(C)C(C)C(C)(C)C)n1. The van der Waals surface area contributed by atoms with Crippen molar-refractivity contribution in [3.8, 4) is 0 Å². The molecule has 4 heteroatoms. The molecular weight excluding hydrogens is 226 g/mol. The van der Waals surface area contributed by atoms with E-state index in [0.29, 0.717) is 18.1 Å². The fraction of sp³-hybridized carbons (Fsp3) is 0.786. The van der Waals surface area contributed by atoms with E-state index in [2.05, 4.69) is 56.7 Å². The van der Waals surface area contributed by atoms with Crippen molar-refractivity contribution in [3.63, 3.8) is 0 Å². The lowest BCUT2D eigenvalue weighted by Crippen LogP contribution is -2.39. The lowest BCUT2D eigenvalue weighted by molar-refractivity contribution is 0.318. The van der Waals surface area contributed by atoms with Gasteiger partial charge >= 0.3 is 0 Å². The zero-order chi connectivity index (χ0) is 13.9. The highest BCUT2D eigenvalue weighted by Crippen LogP contribution is 2.26. The summed E-state index contributed by atoms with van der Waals surface area (Å²) in [5.41, 5.74) is 1.14. The fourth-order valence-electron chi connectivity index (χ4n) is 1.59. The Morgan fingerprint density at radius 1 is 1.33 bits per heavy atom. The normalized spacial score (nSPS) is 14.0. The molecule has 1 atom stereocenters. The van der Waals surface area contributed by atoms with Crippen molar-refractivity contribution in [1.82, 2.24) is 10.3 Å². The van der Waals surface area contributed by atoms with Gasteiger partial charge in [-0.3, -0.25) is 0 Å². The van der Waals surface area contributed by atoms with Gasteiger partial charge in [0.2, 0.25) is 0 Å². The molecule has 0 aliphatic carbocycles. The van der Waals surface area contributed by atoms with Crippen molar-refractivity contribution in [1.29, 1.82) is 0 Å². The molecule has 0 bridgehead atoms. The van der Waals surface area contributed by atoms with Crippen LogP contribution in [0.15, 0.2) is 10.7 Å². The van der Waals surface area contributed by atoms with Crippen LogP contribution in [0.2, 0.25) is 0 Å². The van der Waals surface area contributed by atoms with Gasteiger partial charge in [0.05, 0.1) is 5.69 Å². The average molecular weight is 253 g/mol. The summed E-state index contributed by atoms with van der Waals surface area (Å²) in [7, 11) is 2.03. The van der Waals surface area contributed by atoms with Crippen molar-refractivity contribution in [2.75, 3.05) is 11.9 Å². The summed E-state index contributed by atoms with van der Waals surface area (Å²) in [6, 6.07) is 1.51. The summed E-state index contributed by atoms with van der Waals surface area (Å²) in [4.78, 5) is 6.61. The topological polar surface area (TPSA) is 41.3 Å². The first kappa shape index (κ1) is 15.0. The smallest absolute Gasteiger partial charge is 0.297 e. The van der Waals surface area contributed by atoms with Crippen LogP contribution >= 0.6 is 0 Å². The highest BCUT2D eigenvalue weighted by Gasteiger charge is 2.26. The minimum Gasteiger partial charge on any atom is -0.432 e. The van der Waals surface area contributed by atoms with Crippen LogP contribution in [0, 0.1) is 5.41 Å². The molecule has 0 aliphatic heterocycles. The molecule has 0 fully saturated rings. The van der Waals surface area contributed by atoms with E-state index in [0.717, 1.165) is 12.2 Å². The van der Waals surface area contributed by atoms with Crippen LogP contribution in [0.1, 0.15) is 47.2 Å². The lowest BCUT2D eigenvalue weighted by Gasteiger charge is -2.34. The maximum absolute atomic E-state index is 5.55. The maximum atomic E-state index is 5.55. The van der Waals surface area contributed by atoms with E-state index in [4.69, 9.17) is 4.42 Å². The minimum absolute atomic E-state index is 0.194. The van der Waals surface area contributed by atoms with E-state index >= 15 is 0 Å². The number of nitrogens with one attached hydrogen (secondary N) is 1. The molecule has 18 heavy (non-hydrogen) atoms. The Hall–Kier alpha value is -1.03. The fourth-order valence-corrected chi connectivity index (χ4v) is 1.59. The number of nitrogens with zero attached hydrogens (tertiary/aromatic N) is 2. The van der Waals surface area contributed by atoms with E-state index in [1.165, 1.54) is 0 Å². The largest absolute Gasteiger partial charge is 0.432 e. The van der Waals surface area contributed by atoms with Gasteiger partial charge in [-0.15, -0.1) is 0 Å². The molecule has 4 nitrogen and oxygen atoms in total. The van der Waals surface area contributed by atoms with Crippen LogP contribution in [0.3, 0.4) is 0 Å². The molecule has 0 spiro atoms. The molecule has 1 aromatic heterocycles. The van der Waals surface area contributed by atoms with Crippen LogP contribution in [0.5, 0.6) is 0 Å². The molecule has 1 rings (SSSR count). The second-order valence-corrected chi connectivity index (χ2v) is 6.31. The van der Waals surface area contributed by atoms with E-state index in [9.17, 15) is 0 Å². The van der Waals surface area contributed by atoms with Gasteiger partial charge in [-0.25, -0.2) is 0 Å². The maximum Gasteiger partial charge on any atom is 0.297 e. The molecule has 1 aromatic rings. The zero-order valence-electron chi connectivity index (χ0n) is 12.7. The Kier molecular flexibility index (Phi) is 4.79. The Balaban J connectivity index is 2.67. The standard InChI is InChI=1S/C14H27N3O/c1-10(2)15-8-12-9-18-13(16-12)17(7)11(3)14(4,5)6/h9-11,15H,8H2,1-7H3. The highest BCUT2D eigenvalue weighted by molar-refractivity contribution is 5.28. The third kappa shape index (κ3) is 4.02. The number of oxazole rings is 1. The monoisotopic (exact) mass is 253 g/mol. The van der Waals surface area contributed by atoms with Crippen LogP contribution in [-0.4, -0.2) is 24.1 Å². The highest BCUT2D eigenvalue weighted by atomic mass is 16.4. The quantitative estimate of drug-likeness (QED) is 0.875. The first-order valence-corrected chi connectivity index (χ1v) is 6.62. The Bertz CT molecular complexity index is 365. The predicted octanol–water partition coefficient (Wildman–Crippen LogP) is 3.04. The predicted molar refractivity (Wildman–Crippen MR) is 75.8 cm³/mol. The lowest BCUT2D eigenvalue weighted by atomic mass is 9.87. The Morgan fingerprint density at radius 2 is 1.94 bits per heavy atom. The summed E-state index contributed by atoms with van der Waals surface area (Å²) in [6.07, 6.45) is 1.73. The Morgan fingerprint density at radius 3 is 2.44 bits per heavy atom. The van der Waals surface area contributed by atoms with E-state index in [1.54, 1.807) is 6.26 Å². The molecule has 0 aliphatic rings. The number of hydrogen-bond acceptors (Lipinski definition) is 4. The Labute approximate surface area is 111 Å². The van der Waals surface area contributed by atoms with Crippen molar-refractivity contribution < 1.29 is 4.42 Å². The van der Waals surface area contributed by atoms with Crippen molar-refractivity contribution in [2.24, 2.45) is 5.41 Å².